The van der Waals surface area contributed by atoms with Crippen LogP contribution >= 0.6 is 0 Å². The van der Waals surface area contributed by atoms with Crippen molar-refractivity contribution in [1.82, 2.24) is 0 Å². The number of quaternary nitrogens is 2. The van der Waals surface area contributed by atoms with Gasteiger partial charge in [0.05, 0.1) is 20.3 Å². The minimum absolute atomic E-state index is 0.630. The lowest BCUT2D eigenvalue weighted by molar-refractivity contribution is -1.00. The standard InChI is InChI=1S/C16H26N2O2/c1-15-3-5-16(6-4-15)20-14-13-19-12-11-18-9-7-17(2)8-10-18/h3-6H,7-14H2,1-2H3/p+2. The zero-order valence-corrected chi connectivity index (χ0v) is 12.8. The SMILES string of the molecule is Cc1ccc(OCCOCC[NH+]2CC[NH+](C)CC2)cc1. The molecule has 0 aliphatic carbocycles. The topological polar surface area (TPSA) is 27.3 Å². The van der Waals surface area contributed by atoms with Crippen LogP contribution in [0.5, 0.6) is 5.75 Å². The van der Waals surface area contributed by atoms with E-state index in [0.717, 1.165) is 18.9 Å². The Hall–Kier alpha value is -1.10. The van der Waals surface area contributed by atoms with Gasteiger partial charge in [-0.05, 0) is 19.1 Å². The van der Waals surface area contributed by atoms with Crippen LogP contribution in [0.1, 0.15) is 5.56 Å². The summed E-state index contributed by atoms with van der Waals surface area (Å²) in [6.45, 7) is 10.5. The van der Waals surface area contributed by atoms with Gasteiger partial charge in [0.2, 0.25) is 0 Å². The minimum atomic E-state index is 0.630. The van der Waals surface area contributed by atoms with Crippen molar-refractivity contribution in [2.24, 2.45) is 0 Å². The summed E-state index contributed by atoms with van der Waals surface area (Å²) in [5, 5.41) is 0. The molecule has 1 saturated heterocycles. The summed E-state index contributed by atoms with van der Waals surface area (Å²) >= 11 is 0. The lowest BCUT2D eigenvalue weighted by Crippen LogP contribution is -3.27. The first kappa shape index (κ1) is 15.3. The number of ether oxygens (including phenoxy) is 2. The van der Waals surface area contributed by atoms with Gasteiger partial charge in [0.1, 0.15) is 45.1 Å². The first-order valence-corrected chi connectivity index (χ1v) is 7.66. The maximum absolute atomic E-state index is 5.66. The molecule has 112 valence electrons. The summed E-state index contributed by atoms with van der Waals surface area (Å²) in [5.41, 5.74) is 1.26. The van der Waals surface area contributed by atoms with E-state index in [9.17, 15) is 0 Å². The smallest absolute Gasteiger partial charge is 0.127 e. The quantitative estimate of drug-likeness (QED) is 0.614. The molecule has 0 spiro atoms. The Kier molecular flexibility index (Phi) is 6.30. The van der Waals surface area contributed by atoms with Gasteiger partial charge in [-0.15, -0.1) is 0 Å². The zero-order valence-electron chi connectivity index (χ0n) is 12.8. The minimum Gasteiger partial charge on any atom is -0.491 e. The fourth-order valence-electron chi connectivity index (χ4n) is 2.45. The van der Waals surface area contributed by atoms with Crippen molar-refractivity contribution in [3.05, 3.63) is 29.8 Å². The van der Waals surface area contributed by atoms with E-state index < -0.39 is 0 Å². The molecule has 4 nitrogen and oxygen atoms in total. The predicted molar refractivity (Wildman–Crippen MR) is 79.7 cm³/mol. The average molecular weight is 280 g/mol. The number of aryl methyl sites for hydroxylation is 1. The zero-order chi connectivity index (χ0) is 14.2. The first-order chi connectivity index (χ1) is 9.74. The Morgan fingerprint density at radius 3 is 2.35 bits per heavy atom. The van der Waals surface area contributed by atoms with E-state index in [1.807, 2.05) is 12.1 Å². The van der Waals surface area contributed by atoms with Gasteiger partial charge in [0.25, 0.3) is 0 Å². The fraction of sp³-hybridized carbons (Fsp3) is 0.625. The van der Waals surface area contributed by atoms with E-state index >= 15 is 0 Å². The van der Waals surface area contributed by atoms with Gasteiger partial charge in [-0.25, -0.2) is 0 Å². The second-order valence-electron chi connectivity index (χ2n) is 5.73. The number of benzene rings is 1. The van der Waals surface area contributed by atoms with Crippen molar-refractivity contribution < 1.29 is 19.3 Å². The highest BCUT2D eigenvalue weighted by atomic mass is 16.5. The Labute approximate surface area is 122 Å². The molecule has 0 saturated carbocycles. The van der Waals surface area contributed by atoms with Crippen LogP contribution < -0.4 is 14.5 Å². The summed E-state index contributed by atoms with van der Waals surface area (Å²) in [5.74, 6) is 0.923. The molecule has 0 amide bonds. The molecule has 2 N–H and O–H groups in total. The molecule has 0 bridgehead atoms. The second-order valence-corrected chi connectivity index (χ2v) is 5.73. The van der Waals surface area contributed by atoms with Crippen molar-refractivity contribution in [2.75, 3.05) is 59.6 Å². The molecular formula is C16H28N2O2+2. The molecule has 1 aromatic rings. The summed E-state index contributed by atoms with van der Waals surface area (Å²) in [6.07, 6.45) is 0. The van der Waals surface area contributed by atoms with E-state index in [2.05, 4.69) is 26.1 Å². The molecule has 0 unspecified atom stereocenters. The Morgan fingerprint density at radius 2 is 1.65 bits per heavy atom. The molecule has 0 aromatic heterocycles. The van der Waals surface area contributed by atoms with Crippen LogP contribution in [0.2, 0.25) is 0 Å². The van der Waals surface area contributed by atoms with Gasteiger partial charge in [0.15, 0.2) is 0 Å². The molecule has 1 aliphatic heterocycles. The van der Waals surface area contributed by atoms with Gasteiger partial charge in [-0.1, -0.05) is 17.7 Å². The van der Waals surface area contributed by atoms with E-state index in [1.54, 1.807) is 9.80 Å². The van der Waals surface area contributed by atoms with E-state index in [4.69, 9.17) is 9.47 Å². The van der Waals surface area contributed by atoms with Crippen LogP contribution in [0, 0.1) is 6.92 Å². The van der Waals surface area contributed by atoms with Crippen LogP contribution in [0.25, 0.3) is 0 Å². The molecule has 1 aromatic carbocycles. The van der Waals surface area contributed by atoms with Gasteiger partial charge in [0, 0.05) is 0 Å². The van der Waals surface area contributed by atoms with Crippen LogP contribution in [0.15, 0.2) is 24.3 Å². The van der Waals surface area contributed by atoms with E-state index in [1.165, 1.54) is 31.7 Å². The Balaban J connectivity index is 1.48. The molecule has 0 atom stereocenters. The summed E-state index contributed by atoms with van der Waals surface area (Å²) in [6, 6.07) is 8.14. The molecule has 0 radical (unpaired) electrons. The van der Waals surface area contributed by atoms with Gasteiger partial charge >= 0.3 is 0 Å². The number of likely N-dealkylation sites (N-methyl/N-ethyl adjacent to an activating group) is 1. The number of nitrogens with one attached hydrogen (secondary N) is 2. The van der Waals surface area contributed by atoms with Crippen molar-refractivity contribution >= 4 is 0 Å². The predicted octanol–water partition coefficient (Wildman–Crippen LogP) is -1.20. The summed E-state index contributed by atoms with van der Waals surface area (Å²) in [4.78, 5) is 3.33. The molecule has 1 aliphatic rings. The fourth-order valence-corrected chi connectivity index (χ4v) is 2.45. The third-order valence-electron chi connectivity index (χ3n) is 3.93. The number of rotatable bonds is 7. The van der Waals surface area contributed by atoms with Crippen molar-refractivity contribution in [1.29, 1.82) is 0 Å². The second kappa shape index (κ2) is 8.25. The van der Waals surface area contributed by atoms with Crippen LogP contribution in [0.4, 0.5) is 0 Å². The van der Waals surface area contributed by atoms with Crippen LogP contribution in [0.3, 0.4) is 0 Å². The lowest BCUT2D eigenvalue weighted by Gasteiger charge is -2.27. The highest BCUT2D eigenvalue weighted by Gasteiger charge is 2.18. The molecule has 4 heteroatoms. The molecule has 20 heavy (non-hydrogen) atoms. The molecule has 1 fully saturated rings. The third-order valence-corrected chi connectivity index (χ3v) is 3.93. The van der Waals surface area contributed by atoms with E-state index in [-0.39, 0.29) is 0 Å². The van der Waals surface area contributed by atoms with Crippen molar-refractivity contribution in [3.63, 3.8) is 0 Å². The summed E-state index contributed by atoms with van der Waals surface area (Å²) in [7, 11) is 2.27. The van der Waals surface area contributed by atoms with Gasteiger partial charge < -0.3 is 19.3 Å². The molecule has 1 heterocycles. The first-order valence-electron chi connectivity index (χ1n) is 7.66. The molecular weight excluding hydrogens is 252 g/mol. The summed E-state index contributed by atoms with van der Waals surface area (Å²) < 4.78 is 11.3. The monoisotopic (exact) mass is 280 g/mol. The highest BCUT2D eigenvalue weighted by Crippen LogP contribution is 2.10. The Bertz CT molecular complexity index is 373. The lowest BCUT2D eigenvalue weighted by atomic mass is 10.2. The highest BCUT2D eigenvalue weighted by molar-refractivity contribution is 5.26. The van der Waals surface area contributed by atoms with Gasteiger partial charge in [-0.2, -0.15) is 0 Å². The number of hydrogen-bond acceptors (Lipinski definition) is 2. The van der Waals surface area contributed by atoms with Gasteiger partial charge in [-0.3, -0.25) is 0 Å². The van der Waals surface area contributed by atoms with Crippen LogP contribution in [-0.2, 0) is 4.74 Å². The normalized spacial score (nSPS) is 22.7. The molecule has 2 rings (SSSR count). The van der Waals surface area contributed by atoms with Crippen molar-refractivity contribution in [3.8, 4) is 5.75 Å². The number of piperazine rings is 1. The number of hydrogen-bond donors (Lipinski definition) is 2. The van der Waals surface area contributed by atoms with Crippen molar-refractivity contribution in [2.45, 2.75) is 6.92 Å². The third kappa shape index (κ3) is 5.49. The Morgan fingerprint density at radius 1 is 0.950 bits per heavy atom. The maximum Gasteiger partial charge on any atom is 0.127 e. The largest absolute Gasteiger partial charge is 0.491 e. The van der Waals surface area contributed by atoms with E-state index in [0.29, 0.717) is 13.2 Å². The van der Waals surface area contributed by atoms with Crippen LogP contribution in [-0.4, -0.2) is 59.6 Å². The average Bonchev–Trinajstić information content (AvgIpc) is 2.46. The maximum atomic E-state index is 5.66.